The maximum absolute atomic E-state index is 8.39. The summed E-state index contributed by atoms with van der Waals surface area (Å²) in [5.41, 5.74) is 7.93. The third kappa shape index (κ3) is 11.7. The Kier molecular flexibility index (Phi) is 19.4. The van der Waals surface area contributed by atoms with E-state index in [4.69, 9.17) is 28.8 Å². The molecule has 0 fully saturated rings. The van der Waals surface area contributed by atoms with Crippen LogP contribution in [0.15, 0.2) is 77.8 Å². The molecule has 0 unspecified atom stereocenters. The molecule has 2 aliphatic rings. The normalized spacial score (nSPS) is 14.8. The van der Waals surface area contributed by atoms with E-state index in [-0.39, 0.29) is 34.4 Å². The molecule has 0 radical (unpaired) electrons. The van der Waals surface area contributed by atoms with Crippen LogP contribution in [0.2, 0.25) is 0 Å². The smallest absolute Gasteiger partial charge is 0.210 e. The first-order valence-electron chi connectivity index (χ1n) is 18.8. The quantitative estimate of drug-likeness (QED) is 0.0805. The summed E-state index contributed by atoms with van der Waals surface area (Å²) in [5, 5.41) is 14.6. The van der Waals surface area contributed by atoms with Gasteiger partial charge in [0.15, 0.2) is 12.3 Å². The Labute approximate surface area is 341 Å². The van der Waals surface area contributed by atoms with Crippen molar-refractivity contribution in [1.29, 1.82) is 0 Å². The monoisotopic (exact) mass is 870 g/mol. The molecular formula is C44H60Br2N2O6. The zero-order valence-corrected chi connectivity index (χ0v) is 36.4. The molecule has 2 aliphatic heterocycles. The van der Waals surface area contributed by atoms with Crippen LogP contribution in [0.1, 0.15) is 59.1 Å². The van der Waals surface area contributed by atoms with E-state index < -0.39 is 0 Å². The Balaban J connectivity index is 0.000000239. The fraction of sp³-hybridized carbons (Fsp3) is 0.500. The van der Waals surface area contributed by atoms with Gasteiger partial charge in [-0.25, -0.2) is 0 Å². The van der Waals surface area contributed by atoms with Crippen molar-refractivity contribution in [2.45, 2.75) is 58.8 Å². The predicted octanol–water partition coefficient (Wildman–Crippen LogP) is 5.94. The van der Waals surface area contributed by atoms with Crippen molar-refractivity contribution in [1.82, 2.24) is 0 Å². The average Bonchev–Trinajstić information content (AvgIpc) is 3.52. The molecule has 0 atom stereocenters. The van der Waals surface area contributed by atoms with Crippen molar-refractivity contribution in [2.24, 2.45) is 4.99 Å². The molecule has 2 heterocycles. The number of hydrogen-bond donors (Lipinski definition) is 1. The minimum absolute atomic E-state index is 0. The Hall–Kier alpha value is -2.54. The van der Waals surface area contributed by atoms with Gasteiger partial charge in [0.1, 0.15) is 6.61 Å². The maximum Gasteiger partial charge on any atom is 0.210 e. The van der Waals surface area contributed by atoms with Crippen LogP contribution in [0.5, 0.6) is 0 Å². The van der Waals surface area contributed by atoms with Gasteiger partial charge in [-0.2, -0.15) is 4.58 Å². The third-order valence-electron chi connectivity index (χ3n) is 10.2. The fourth-order valence-electron chi connectivity index (χ4n) is 6.80. The molecule has 4 aromatic carbocycles. The van der Waals surface area contributed by atoms with Gasteiger partial charge in [0, 0.05) is 55.3 Å². The second kappa shape index (κ2) is 22.9. The highest BCUT2D eigenvalue weighted by Crippen LogP contribution is 2.45. The molecule has 0 aliphatic carbocycles. The standard InChI is InChI=1S/C22H30NO3.C15H15N.C7H15BrO3.BrH/c1-17-22(2,3)21-19-8-6-5-7-18(19)9-10-20(21)23(17)11-12-25-15-16-26-14-13-24-4;1-10-15(2,3)14-12-7-5-4-6-11(12)8-9-13(14)16-10;8-2-5-11-7-6-10-4-1-3-9;/h5-10H,11-16H2,1-4H3;4-9H,1-3H3;9H,1-7H2;1H/q+1;;;/p-1. The van der Waals surface area contributed by atoms with Crippen molar-refractivity contribution in [2.75, 3.05) is 85.1 Å². The molecule has 10 heteroatoms. The van der Waals surface area contributed by atoms with E-state index in [0.717, 1.165) is 24.2 Å². The van der Waals surface area contributed by atoms with Gasteiger partial charge in [-0.15, -0.1) is 0 Å². The van der Waals surface area contributed by atoms with Crippen LogP contribution in [0.4, 0.5) is 11.4 Å². The number of hydrogen-bond acceptors (Lipinski definition) is 7. The summed E-state index contributed by atoms with van der Waals surface area (Å²) in [5.74, 6) is 0. The fourth-order valence-corrected chi connectivity index (χ4v) is 7.03. The van der Waals surface area contributed by atoms with Gasteiger partial charge in [-0.05, 0) is 66.4 Å². The summed E-state index contributed by atoms with van der Waals surface area (Å²) in [4.78, 5) is 4.67. The van der Waals surface area contributed by atoms with Gasteiger partial charge >= 0.3 is 0 Å². The lowest BCUT2D eigenvalue weighted by molar-refractivity contribution is -0.443. The number of ether oxygens (including phenoxy) is 5. The number of halogens is 2. The lowest BCUT2D eigenvalue weighted by Crippen LogP contribution is -3.00. The largest absolute Gasteiger partial charge is 1.00 e. The lowest BCUT2D eigenvalue weighted by atomic mass is 9.80. The molecule has 296 valence electrons. The molecule has 0 spiro atoms. The van der Waals surface area contributed by atoms with Gasteiger partial charge in [0.25, 0.3) is 0 Å². The Morgan fingerprint density at radius 2 is 1.19 bits per heavy atom. The van der Waals surface area contributed by atoms with Crippen LogP contribution in [0, 0.1) is 0 Å². The Morgan fingerprint density at radius 3 is 1.80 bits per heavy atom. The van der Waals surface area contributed by atoms with E-state index in [1.165, 1.54) is 49.8 Å². The average molecular weight is 873 g/mol. The SMILES string of the molecule is CC1=Nc2ccc3ccccc3c2C1(C)C.COCCOCCOCC[N+]1=C(C)C(C)(C)c2c1ccc1ccccc21.OCCCOCCOCCBr.[Br-]. The molecule has 54 heavy (non-hydrogen) atoms. The zero-order valence-electron chi connectivity index (χ0n) is 33.3. The molecule has 1 N–H and O–H groups in total. The number of methoxy groups -OCH3 is 1. The summed E-state index contributed by atoms with van der Waals surface area (Å²) in [6.07, 6.45) is 0.707. The van der Waals surface area contributed by atoms with Crippen LogP contribution < -0.4 is 17.0 Å². The first-order valence-corrected chi connectivity index (χ1v) is 19.9. The molecule has 0 aromatic heterocycles. The summed E-state index contributed by atoms with van der Waals surface area (Å²) < 4.78 is 28.8. The number of rotatable bonds is 17. The van der Waals surface area contributed by atoms with Gasteiger partial charge in [0.2, 0.25) is 5.69 Å². The third-order valence-corrected chi connectivity index (χ3v) is 10.5. The molecule has 0 saturated carbocycles. The highest BCUT2D eigenvalue weighted by atomic mass is 79.9. The van der Waals surface area contributed by atoms with Crippen LogP contribution in [0.3, 0.4) is 0 Å². The van der Waals surface area contributed by atoms with E-state index in [1.807, 2.05) is 0 Å². The predicted molar refractivity (Wildman–Crippen MR) is 223 cm³/mol. The first kappa shape index (κ1) is 45.8. The maximum atomic E-state index is 8.39. The number of aliphatic hydroxyl groups excluding tert-OH is 1. The molecule has 8 nitrogen and oxygen atoms in total. The topological polar surface area (TPSA) is 81.8 Å². The number of nitrogens with zero attached hydrogens (tertiary/aromatic N) is 2. The molecule has 4 aromatic rings. The highest BCUT2D eigenvalue weighted by Gasteiger charge is 2.44. The number of aliphatic imine (C=N–C) groups is 1. The number of aliphatic hydroxyl groups is 1. The lowest BCUT2D eigenvalue weighted by Gasteiger charge is -2.21. The zero-order chi connectivity index (χ0) is 38.3. The van der Waals surface area contributed by atoms with Gasteiger partial charge < -0.3 is 45.8 Å². The minimum Gasteiger partial charge on any atom is -1.00 e. The molecule has 0 amide bonds. The van der Waals surface area contributed by atoms with E-state index in [9.17, 15) is 0 Å². The highest BCUT2D eigenvalue weighted by molar-refractivity contribution is 9.09. The summed E-state index contributed by atoms with van der Waals surface area (Å²) in [6, 6.07) is 26.0. The summed E-state index contributed by atoms with van der Waals surface area (Å²) in [6.45, 7) is 20.3. The van der Waals surface area contributed by atoms with Crippen molar-refractivity contribution in [3.05, 3.63) is 83.9 Å². The van der Waals surface area contributed by atoms with E-state index >= 15 is 0 Å². The van der Waals surface area contributed by atoms with Crippen LogP contribution in [-0.4, -0.2) is 106 Å². The van der Waals surface area contributed by atoms with Crippen molar-refractivity contribution in [3.63, 3.8) is 0 Å². The van der Waals surface area contributed by atoms with Crippen molar-refractivity contribution >= 4 is 60.3 Å². The van der Waals surface area contributed by atoms with Crippen LogP contribution in [-0.2, 0) is 34.5 Å². The molecule has 6 rings (SSSR count). The Bertz CT molecular complexity index is 1820. The van der Waals surface area contributed by atoms with E-state index in [1.54, 1.807) is 7.11 Å². The number of benzene rings is 4. The second-order valence-corrected chi connectivity index (χ2v) is 15.0. The van der Waals surface area contributed by atoms with Crippen molar-refractivity contribution in [3.8, 4) is 0 Å². The number of fused-ring (bicyclic) bond motifs is 6. The minimum atomic E-state index is 0. The van der Waals surface area contributed by atoms with Crippen molar-refractivity contribution < 1.29 is 50.3 Å². The number of alkyl halides is 1. The van der Waals surface area contributed by atoms with Gasteiger partial charge in [0.05, 0.1) is 57.4 Å². The Morgan fingerprint density at radius 1 is 0.648 bits per heavy atom. The van der Waals surface area contributed by atoms with Crippen LogP contribution >= 0.6 is 15.9 Å². The van der Waals surface area contributed by atoms with Gasteiger partial charge in [-0.1, -0.05) is 84.4 Å². The van der Waals surface area contributed by atoms with Crippen LogP contribution in [0.25, 0.3) is 21.5 Å². The van der Waals surface area contributed by atoms with E-state index in [0.29, 0.717) is 59.3 Å². The van der Waals surface area contributed by atoms with E-state index in [2.05, 4.69) is 140 Å². The summed E-state index contributed by atoms with van der Waals surface area (Å²) in [7, 11) is 1.68. The van der Waals surface area contributed by atoms with Gasteiger partial charge in [-0.3, -0.25) is 4.99 Å². The molecule has 0 bridgehead atoms. The second-order valence-electron chi connectivity index (χ2n) is 14.3. The molecular weight excluding hydrogens is 812 g/mol. The first-order chi connectivity index (χ1) is 25.6. The molecule has 0 saturated heterocycles. The summed E-state index contributed by atoms with van der Waals surface area (Å²) >= 11 is 3.24.